The molecule has 0 heterocycles. The van der Waals surface area contributed by atoms with Gasteiger partial charge in [-0.3, -0.25) is 15.3 Å². The van der Waals surface area contributed by atoms with Crippen LogP contribution in [0.4, 0.5) is 0 Å². The van der Waals surface area contributed by atoms with Crippen LogP contribution in [0.5, 0.6) is 5.75 Å². The Hall–Kier alpha value is -2.17. The molecule has 0 saturated heterocycles. The minimum Gasteiger partial charge on any atom is -0.497 e. The number of methoxy groups -OCH3 is 1. The van der Waals surface area contributed by atoms with E-state index in [2.05, 4.69) is 10.2 Å². The number of amides is 1. The van der Waals surface area contributed by atoms with Crippen LogP contribution in [0, 0.1) is 5.92 Å². The lowest BCUT2D eigenvalue weighted by Gasteiger charge is -2.43. The number of nitrogens with zero attached hydrogens (tertiary/aromatic N) is 1. The highest BCUT2D eigenvalue weighted by atomic mass is 35.5. The van der Waals surface area contributed by atoms with E-state index < -0.39 is 26.5 Å². The fraction of sp³-hybridized carbons (Fsp3) is 0.458. The van der Waals surface area contributed by atoms with Crippen molar-refractivity contribution in [1.82, 2.24) is 15.7 Å². The second-order valence-corrected chi connectivity index (χ2v) is 10.8. The van der Waals surface area contributed by atoms with E-state index in [0.717, 1.165) is 18.4 Å². The average molecular weight is 512 g/mol. The van der Waals surface area contributed by atoms with E-state index in [0.29, 0.717) is 24.6 Å². The highest BCUT2D eigenvalue weighted by Crippen LogP contribution is 2.41. The maximum atomic E-state index is 14.1. The number of halogens is 1. The van der Waals surface area contributed by atoms with Gasteiger partial charge in [0.25, 0.3) is 5.91 Å². The SMILES string of the molecule is COc1ccc(S(=O)(=O)[C@@](NCc2ccccc2)(C(=O)NO)[C@H]2CC[C@H](N(C)C)CC2)cc1.Cl. The molecule has 0 unspecified atom stereocenters. The molecular weight excluding hydrogens is 478 g/mol. The van der Waals surface area contributed by atoms with E-state index in [1.54, 1.807) is 17.6 Å². The Kier molecular flexibility index (Phi) is 9.90. The van der Waals surface area contributed by atoms with Gasteiger partial charge in [-0.05, 0) is 69.6 Å². The first kappa shape index (κ1) is 28.1. The van der Waals surface area contributed by atoms with Crippen molar-refractivity contribution in [3.05, 3.63) is 60.2 Å². The van der Waals surface area contributed by atoms with Gasteiger partial charge >= 0.3 is 0 Å². The van der Waals surface area contributed by atoms with Gasteiger partial charge < -0.3 is 9.64 Å². The molecule has 1 fully saturated rings. The molecule has 3 rings (SSSR count). The molecule has 34 heavy (non-hydrogen) atoms. The highest BCUT2D eigenvalue weighted by molar-refractivity contribution is 7.93. The van der Waals surface area contributed by atoms with Crippen LogP contribution in [0.1, 0.15) is 31.2 Å². The van der Waals surface area contributed by atoms with Crippen LogP contribution in [0.25, 0.3) is 0 Å². The summed E-state index contributed by atoms with van der Waals surface area (Å²) in [6.45, 7) is 0.150. The third kappa shape index (κ3) is 5.55. The van der Waals surface area contributed by atoms with Gasteiger partial charge in [0, 0.05) is 18.5 Å². The number of sulfone groups is 1. The second-order valence-electron chi connectivity index (χ2n) is 8.66. The van der Waals surface area contributed by atoms with Crippen LogP contribution in [0.2, 0.25) is 0 Å². The van der Waals surface area contributed by atoms with Crippen molar-refractivity contribution in [2.24, 2.45) is 5.92 Å². The quantitative estimate of drug-likeness (QED) is 0.351. The van der Waals surface area contributed by atoms with Gasteiger partial charge in [0.2, 0.25) is 14.7 Å². The molecule has 0 aromatic heterocycles. The lowest BCUT2D eigenvalue weighted by Crippen LogP contribution is -2.66. The van der Waals surface area contributed by atoms with E-state index in [1.807, 2.05) is 44.4 Å². The maximum absolute atomic E-state index is 14.1. The van der Waals surface area contributed by atoms with Crippen LogP contribution >= 0.6 is 12.4 Å². The number of ether oxygens (including phenoxy) is 1. The maximum Gasteiger partial charge on any atom is 0.280 e. The third-order valence-electron chi connectivity index (χ3n) is 6.63. The fourth-order valence-electron chi connectivity index (χ4n) is 4.70. The zero-order valence-corrected chi connectivity index (χ0v) is 21.4. The van der Waals surface area contributed by atoms with Crippen molar-refractivity contribution < 1.29 is 23.2 Å². The summed E-state index contributed by atoms with van der Waals surface area (Å²) in [7, 11) is 1.24. The van der Waals surface area contributed by atoms with Gasteiger partial charge in [-0.1, -0.05) is 30.3 Å². The highest BCUT2D eigenvalue weighted by Gasteiger charge is 2.57. The summed E-state index contributed by atoms with van der Waals surface area (Å²) in [6.07, 6.45) is 2.55. The van der Waals surface area contributed by atoms with Crippen molar-refractivity contribution in [3.8, 4) is 5.75 Å². The Labute approximate surface area is 208 Å². The first-order chi connectivity index (χ1) is 15.8. The van der Waals surface area contributed by atoms with E-state index >= 15 is 0 Å². The molecule has 8 nitrogen and oxygen atoms in total. The molecule has 2 aromatic rings. The van der Waals surface area contributed by atoms with Gasteiger partial charge in [-0.15, -0.1) is 12.4 Å². The van der Waals surface area contributed by atoms with E-state index in [9.17, 15) is 18.4 Å². The molecule has 2 aromatic carbocycles. The molecule has 0 spiro atoms. The molecular formula is C24H34ClN3O5S. The predicted octanol–water partition coefficient (Wildman–Crippen LogP) is 3.00. The molecule has 1 saturated carbocycles. The molecule has 1 atom stereocenters. The van der Waals surface area contributed by atoms with Crippen molar-refractivity contribution in [2.45, 2.75) is 48.0 Å². The van der Waals surface area contributed by atoms with Gasteiger partial charge in [0.15, 0.2) is 0 Å². The summed E-state index contributed by atoms with van der Waals surface area (Å²) in [5.74, 6) is -0.992. The third-order valence-corrected chi connectivity index (χ3v) is 9.04. The summed E-state index contributed by atoms with van der Waals surface area (Å²) in [6, 6.07) is 15.6. The normalized spacial score (nSPS) is 20.1. The van der Waals surface area contributed by atoms with Gasteiger partial charge in [0.05, 0.1) is 12.0 Å². The van der Waals surface area contributed by atoms with Crippen molar-refractivity contribution in [1.29, 1.82) is 0 Å². The smallest absolute Gasteiger partial charge is 0.280 e. The Morgan fingerprint density at radius 1 is 1.06 bits per heavy atom. The zero-order chi connectivity index (χ0) is 24.1. The summed E-state index contributed by atoms with van der Waals surface area (Å²) in [5, 5.41) is 12.8. The molecule has 10 heteroatoms. The zero-order valence-electron chi connectivity index (χ0n) is 19.7. The lowest BCUT2D eigenvalue weighted by atomic mass is 9.80. The lowest BCUT2D eigenvalue weighted by molar-refractivity contribution is -0.135. The molecule has 3 N–H and O–H groups in total. The molecule has 1 amide bonds. The van der Waals surface area contributed by atoms with Gasteiger partial charge in [-0.25, -0.2) is 13.9 Å². The summed E-state index contributed by atoms with van der Waals surface area (Å²) in [5.41, 5.74) is 2.49. The van der Waals surface area contributed by atoms with Crippen molar-refractivity contribution in [3.63, 3.8) is 0 Å². The summed E-state index contributed by atoms with van der Waals surface area (Å²) >= 11 is 0. The monoisotopic (exact) mass is 511 g/mol. The van der Waals surface area contributed by atoms with Gasteiger partial charge in [-0.2, -0.15) is 0 Å². The number of carbonyl (C=O) groups excluding carboxylic acids is 1. The number of benzene rings is 2. The molecule has 0 radical (unpaired) electrons. The number of rotatable bonds is 9. The number of nitrogens with one attached hydrogen (secondary N) is 2. The van der Waals surface area contributed by atoms with Crippen LogP contribution in [-0.4, -0.2) is 56.6 Å². The van der Waals surface area contributed by atoms with E-state index in [-0.39, 0.29) is 23.8 Å². The second kappa shape index (κ2) is 12.0. The standard InChI is InChI=1S/C24H33N3O5S.ClH/c1-27(2)20-11-9-19(10-12-20)24(23(28)26-29,25-17-18-7-5-4-6-8-18)33(30,31)22-15-13-21(32-3)14-16-22;/h4-8,13-16,19-20,25,29H,9-12,17H2,1-3H3,(H,26,28);1H/t19-,20-,24-;/m1./s1. The summed E-state index contributed by atoms with van der Waals surface area (Å²) in [4.78, 5) is 13.3. The van der Waals surface area contributed by atoms with Crippen LogP contribution in [0.3, 0.4) is 0 Å². The minimum absolute atomic E-state index is 0. The Morgan fingerprint density at radius 3 is 2.15 bits per heavy atom. The topological polar surface area (TPSA) is 108 Å². The Bertz CT molecular complexity index is 1030. The van der Waals surface area contributed by atoms with E-state index in [4.69, 9.17) is 4.74 Å². The summed E-state index contributed by atoms with van der Waals surface area (Å²) < 4.78 is 33.4. The molecule has 0 aliphatic heterocycles. The largest absolute Gasteiger partial charge is 0.497 e. The van der Waals surface area contributed by atoms with Crippen LogP contribution in [-0.2, 0) is 21.2 Å². The van der Waals surface area contributed by atoms with Crippen LogP contribution < -0.4 is 15.5 Å². The van der Waals surface area contributed by atoms with Crippen molar-refractivity contribution >= 4 is 28.2 Å². The number of hydroxylamine groups is 1. The molecule has 1 aliphatic rings. The Morgan fingerprint density at radius 2 is 1.65 bits per heavy atom. The number of carbonyl (C=O) groups is 1. The first-order valence-corrected chi connectivity index (χ1v) is 12.5. The average Bonchev–Trinajstić information content (AvgIpc) is 2.85. The molecule has 1 aliphatic carbocycles. The fourth-order valence-corrected chi connectivity index (χ4v) is 6.79. The van der Waals surface area contributed by atoms with Crippen LogP contribution in [0.15, 0.2) is 59.5 Å². The number of hydrogen-bond donors (Lipinski definition) is 3. The molecule has 0 bridgehead atoms. The minimum atomic E-state index is -4.26. The Balaban J connectivity index is 0.00000408. The van der Waals surface area contributed by atoms with E-state index in [1.165, 1.54) is 19.2 Å². The molecule has 188 valence electrons. The van der Waals surface area contributed by atoms with Gasteiger partial charge in [0.1, 0.15) is 5.75 Å². The predicted molar refractivity (Wildman–Crippen MR) is 133 cm³/mol. The number of hydrogen-bond acceptors (Lipinski definition) is 7. The van der Waals surface area contributed by atoms with Crippen molar-refractivity contribution in [2.75, 3.05) is 21.2 Å². The first-order valence-electron chi connectivity index (χ1n) is 11.0.